The fourth-order valence-corrected chi connectivity index (χ4v) is 1.83. The minimum atomic E-state index is -1.42. The molecule has 0 aliphatic heterocycles. The highest BCUT2D eigenvalue weighted by molar-refractivity contribution is 9.10. The number of benzene rings is 1. The topological polar surface area (TPSA) is 102 Å². The highest BCUT2D eigenvalue weighted by Gasteiger charge is 2.12. The van der Waals surface area contributed by atoms with E-state index in [9.17, 15) is 9.59 Å². The molecule has 6 nitrogen and oxygen atoms in total. The van der Waals surface area contributed by atoms with Crippen molar-refractivity contribution in [3.05, 3.63) is 27.7 Å². The molecule has 4 N–H and O–H groups in total. The molecule has 1 unspecified atom stereocenters. The van der Waals surface area contributed by atoms with Crippen LogP contribution in [0.25, 0.3) is 0 Å². The zero-order valence-corrected chi connectivity index (χ0v) is 12.1. The Labute approximate surface area is 123 Å². The molecule has 8 heteroatoms. The molecule has 0 heterocycles. The average Bonchev–Trinajstić information content (AvgIpc) is 2.34. The van der Waals surface area contributed by atoms with Gasteiger partial charge in [-0.25, -0.2) is 0 Å². The fourth-order valence-electron chi connectivity index (χ4n) is 1.10. The molecular weight excluding hydrogens is 339 g/mol. The first-order chi connectivity index (χ1) is 8.90. The number of nitrogens with two attached hydrogens (primary N) is 1. The predicted molar refractivity (Wildman–Crippen MR) is 72.9 cm³/mol. The van der Waals surface area contributed by atoms with Crippen molar-refractivity contribution < 1.29 is 19.4 Å². The molecule has 0 aliphatic rings. The maximum atomic E-state index is 11.4. The first kappa shape index (κ1) is 15.7. The molecule has 0 fully saturated rings. The molecule has 0 aliphatic carbocycles. The number of ether oxygens (including phenoxy) is 1. The molecule has 2 amide bonds. The molecule has 0 radical (unpaired) electrons. The lowest BCUT2D eigenvalue weighted by Crippen LogP contribution is -2.41. The van der Waals surface area contributed by atoms with E-state index in [1.165, 1.54) is 0 Å². The minimum Gasteiger partial charge on any atom is -0.482 e. The van der Waals surface area contributed by atoms with Gasteiger partial charge in [0.25, 0.3) is 5.91 Å². The number of carbonyl (C=O) groups excluding carboxylic acids is 2. The van der Waals surface area contributed by atoms with Gasteiger partial charge in [-0.05, 0) is 18.2 Å². The summed E-state index contributed by atoms with van der Waals surface area (Å²) in [6, 6.07) is 4.96. The van der Waals surface area contributed by atoms with E-state index in [2.05, 4.69) is 21.2 Å². The standard InChI is InChI=1S/C11H12BrClN2O4/c12-6-1-2-9(7(13)3-6)19-5-10(17)15-4-8(16)11(14)18/h1-3,8,16H,4-5H2,(H2,14,18)(H,15,17). The lowest BCUT2D eigenvalue weighted by atomic mass is 10.3. The Balaban J connectivity index is 2.40. The van der Waals surface area contributed by atoms with Gasteiger partial charge in [-0.1, -0.05) is 27.5 Å². The van der Waals surface area contributed by atoms with Gasteiger partial charge in [0.05, 0.1) is 11.6 Å². The van der Waals surface area contributed by atoms with Crippen molar-refractivity contribution in [3.63, 3.8) is 0 Å². The highest BCUT2D eigenvalue weighted by Crippen LogP contribution is 2.27. The van der Waals surface area contributed by atoms with Crippen molar-refractivity contribution in [2.75, 3.05) is 13.2 Å². The Morgan fingerprint density at radius 2 is 2.21 bits per heavy atom. The Kier molecular flexibility index (Phi) is 6.07. The van der Waals surface area contributed by atoms with Gasteiger partial charge in [0.2, 0.25) is 5.91 Å². The smallest absolute Gasteiger partial charge is 0.258 e. The van der Waals surface area contributed by atoms with Crippen LogP contribution in [-0.2, 0) is 9.59 Å². The maximum Gasteiger partial charge on any atom is 0.258 e. The van der Waals surface area contributed by atoms with Crippen LogP contribution in [0.4, 0.5) is 0 Å². The number of hydrogen-bond acceptors (Lipinski definition) is 4. The number of aliphatic hydroxyl groups excluding tert-OH is 1. The third kappa shape index (κ3) is 5.46. The molecule has 0 spiro atoms. The first-order valence-electron chi connectivity index (χ1n) is 5.22. The summed E-state index contributed by atoms with van der Waals surface area (Å²) >= 11 is 9.13. The summed E-state index contributed by atoms with van der Waals surface area (Å²) in [6.45, 7) is -0.543. The molecule has 0 bridgehead atoms. The van der Waals surface area contributed by atoms with Crippen LogP contribution in [0.15, 0.2) is 22.7 Å². The third-order valence-corrected chi connectivity index (χ3v) is 2.86. The highest BCUT2D eigenvalue weighted by atomic mass is 79.9. The van der Waals surface area contributed by atoms with Crippen LogP contribution < -0.4 is 15.8 Å². The van der Waals surface area contributed by atoms with Crippen LogP contribution in [0, 0.1) is 0 Å². The van der Waals surface area contributed by atoms with Crippen LogP contribution in [0.3, 0.4) is 0 Å². The largest absolute Gasteiger partial charge is 0.482 e. The van der Waals surface area contributed by atoms with E-state index in [1.54, 1.807) is 18.2 Å². The summed E-state index contributed by atoms with van der Waals surface area (Å²) in [4.78, 5) is 21.9. The van der Waals surface area contributed by atoms with Gasteiger partial charge in [0.1, 0.15) is 11.9 Å². The van der Waals surface area contributed by atoms with Crippen molar-refractivity contribution in [3.8, 4) is 5.75 Å². The molecule has 104 valence electrons. The second kappa shape index (κ2) is 7.32. The van der Waals surface area contributed by atoms with E-state index in [-0.39, 0.29) is 13.2 Å². The van der Waals surface area contributed by atoms with Crippen molar-refractivity contribution in [1.29, 1.82) is 0 Å². The number of amides is 2. The number of hydrogen-bond donors (Lipinski definition) is 3. The predicted octanol–water partition coefficient (Wildman–Crippen LogP) is 0.444. The summed E-state index contributed by atoms with van der Waals surface area (Å²) < 4.78 is 5.97. The summed E-state index contributed by atoms with van der Waals surface area (Å²) in [5.41, 5.74) is 4.83. The monoisotopic (exact) mass is 350 g/mol. The lowest BCUT2D eigenvalue weighted by Gasteiger charge is -2.10. The molecule has 1 rings (SSSR count). The van der Waals surface area contributed by atoms with E-state index in [4.69, 9.17) is 27.2 Å². The summed E-state index contributed by atoms with van der Waals surface area (Å²) in [7, 11) is 0. The SMILES string of the molecule is NC(=O)C(O)CNC(=O)COc1ccc(Br)cc1Cl. The van der Waals surface area contributed by atoms with Crippen molar-refractivity contribution in [2.24, 2.45) is 5.73 Å². The fraction of sp³-hybridized carbons (Fsp3) is 0.273. The van der Waals surface area contributed by atoms with E-state index >= 15 is 0 Å². The van der Waals surface area contributed by atoms with Gasteiger partial charge in [0.15, 0.2) is 6.61 Å². The Bertz CT molecular complexity index is 484. The number of nitrogens with one attached hydrogen (secondary N) is 1. The van der Waals surface area contributed by atoms with Crippen LogP contribution in [0.2, 0.25) is 5.02 Å². The van der Waals surface area contributed by atoms with Crippen LogP contribution in [0.1, 0.15) is 0 Å². The van der Waals surface area contributed by atoms with E-state index in [0.29, 0.717) is 10.8 Å². The molecule has 1 aromatic rings. The molecule has 0 saturated carbocycles. The maximum absolute atomic E-state index is 11.4. The lowest BCUT2D eigenvalue weighted by molar-refractivity contribution is -0.127. The van der Waals surface area contributed by atoms with Gasteiger partial charge < -0.3 is 20.9 Å². The second-order valence-corrected chi connectivity index (χ2v) is 4.91. The van der Waals surface area contributed by atoms with Crippen LogP contribution in [-0.4, -0.2) is 36.2 Å². The zero-order chi connectivity index (χ0) is 14.4. The zero-order valence-electron chi connectivity index (χ0n) is 9.73. The third-order valence-electron chi connectivity index (χ3n) is 2.07. The van der Waals surface area contributed by atoms with Gasteiger partial charge >= 0.3 is 0 Å². The van der Waals surface area contributed by atoms with E-state index < -0.39 is 17.9 Å². The molecule has 19 heavy (non-hydrogen) atoms. The minimum absolute atomic E-state index is 0.258. The van der Waals surface area contributed by atoms with Crippen molar-refractivity contribution >= 4 is 39.3 Å². The summed E-state index contributed by atoms with van der Waals surface area (Å²) in [5.74, 6) is -1.05. The average molecular weight is 352 g/mol. The van der Waals surface area contributed by atoms with Gasteiger partial charge in [-0.2, -0.15) is 0 Å². The van der Waals surface area contributed by atoms with Gasteiger partial charge in [-0.3, -0.25) is 9.59 Å². The molecule has 1 aromatic carbocycles. The van der Waals surface area contributed by atoms with Gasteiger partial charge in [0, 0.05) is 4.47 Å². The van der Waals surface area contributed by atoms with Crippen molar-refractivity contribution in [1.82, 2.24) is 5.32 Å². The number of carbonyl (C=O) groups is 2. The molecule has 0 aromatic heterocycles. The Hall–Kier alpha value is -1.31. The summed E-state index contributed by atoms with van der Waals surface area (Å²) in [5, 5.41) is 11.7. The second-order valence-electron chi connectivity index (χ2n) is 3.59. The van der Waals surface area contributed by atoms with Gasteiger partial charge in [-0.15, -0.1) is 0 Å². The van der Waals surface area contributed by atoms with E-state index in [1.807, 2.05) is 0 Å². The normalized spacial score (nSPS) is 11.7. The quantitative estimate of drug-likeness (QED) is 0.692. The first-order valence-corrected chi connectivity index (χ1v) is 6.39. The molecule has 1 atom stereocenters. The molecule has 0 saturated heterocycles. The number of halogens is 2. The van der Waals surface area contributed by atoms with E-state index in [0.717, 1.165) is 4.47 Å². The van der Waals surface area contributed by atoms with Crippen LogP contribution in [0.5, 0.6) is 5.75 Å². The number of rotatable bonds is 6. The number of primary amides is 1. The summed E-state index contributed by atoms with van der Waals surface area (Å²) in [6.07, 6.45) is -1.42. The van der Waals surface area contributed by atoms with Crippen LogP contribution >= 0.6 is 27.5 Å². The number of aliphatic hydroxyl groups is 1. The molecular formula is C11H12BrClN2O4. The Morgan fingerprint density at radius 1 is 1.53 bits per heavy atom. The Morgan fingerprint density at radius 3 is 2.79 bits per heavy atom. The van der Waals surface area contributed by atoms with Crippen molar-refractivity contribution in [2.45, 2.75) is 6.10 Å².